The fourth-order valence-corrected chi connectivity index (χ4v) is 2.31. The summed E-state index contributed by atoms with van der Waals surface area (Å²) in [4.78, 5) is 18.6. The fraction of sp³-hybridized carbons (Fsp3) is 0.412. The average Bonchev–Trinajstić information content (AvgIpc) is 2.92. The van der Waals surface area contributed by atoms with Crippen LogP contribution in [0.3, 0.4) is 0 Å². The van der Waals surface area contributed by atoms with Gasteiger partial charge in [-0.3, -0.25) is 0 Å². The number of aromatic nitrogens is 2. The highest BCUT2D eigenvalue weighted by Crippen LogP contribution is 2.13. The Morgan fingerprint density at radius 1 is 1.36 bits per heavy atom. The third-order valence-corrected chi connectivity index (χ3v) is 3.62. The predicted octanol–water partition coefficient (Wildman–Crippen LogP) is 3.43. The topological polar surface area (TPSA) is 50.2 Å². The highest BCUT2D eigenvalue weighted by molar-refractivity contribution is 5.89. The number of hydrogen-bond acceptors (Lipinski definition) is 2. The first-order chi connectivity index (χ1) is 10.6. The highest BCUT2D eigenvalue weighted by atomic mass is 16.2. The van der Waals surface area contributed by atoms with Gasteiger partial charge in [0.25, 0.3) is 0 Å². The third kappa shape index (κ3) is 4.10. The van der Waals surface area contributed by atoms with Gasteiger partial charge >= 0.3 is 6.03 Å². The van der Waals surface area contributed by atoms with Gasteiger partial charge in [-0.2, -0.15) is 0 Å². The van der Waals surface area contributed by atoms with Crippen LogP contribution in [0.25, 0.3) is 0 Å². The minimum absolute atomic E-state index is 0.0851. The van der Waals surface area contributed by atoms with Gasteiger partial charge in [-0.1, -0.05) is 26.0 Å². The molecule has 0 unspecified atom stereocenters. The van der Waals surface area contributed by atoms with E-state index in [0.717, 1.165) is 24.4 Å². The van der Waals surface area contributed by atoms with E-state index in [1.807, 2.05) is 36.0 Å². The largest absolute Gasteiger partial charge is 0.337 e. The van der Waals surface area contributed by atoms with E-state index in [1.165, 1.54) is 5.56 Å². The molecule has 0 aliphatic rings. The first-order valence-corrected chi connectivity index (χ1v) is 7.75. The lowest BCUT2D eigenvalue weighted by Crippen LogP contribution is -2.35. The minimum atomic E-state index is -0.0851. The van der Waals surface area contributed by atoms with Crippen molar-refractivity contribution in [2.24, 2.45) is 7.05 Å². The lowest BCUT2D eigenvalue weighted by atomic mass is 10.1. The lowest BCUT2D eigenvalue weighted by molar-refractivity contribution is 0.207. The molecule has 118 valence electrons. The summed E-state index contributed by atoms with van der Waals surface area (Å²) >= 11 is 0. The van der Waals surface area contributed by atoms with E-state index in [0.29, 0.717) is 13.1 Å². The van der Waals surface area contributed by atoms with Crippen molar-refractivity contribution in [3.63, 3.8) is 0 Å². The molecule has 0 fully saturated rings. The van der Waals surface area contributed by atoms with Gasteiger partial charge in [-0.15, -0.1) is 0 Å². The molecule has 0 spiro atoms. The normalized spacial score (nSPS) is 10.5. The molecule has 1 aromatic carbocycles. The van der Waals surface area contributed by atoms with Gasteiger partial charge in [-0.05, 0) is 30.5 Å². The van der Waals surface area contributed by atoms with Crippen molar-refractivity contribution >= 4 is 11.7 Å². The molecule has 2 aromatic rings. The number of nitrogens with zero attached hydrogens (tertiary/aromatic N) is 3. The van der Waals surface area contributed by atoms with Crippen LogP contribution in [-0.4, -0.2) is 27.0 Å². The van der Waals surface area contributed by atoms with Crippen LogP contribution in [-0.2, 0) is 20.0 Å². The summed E-state index contributed by atoms with van der Waals surface area (Å²) in [6.07, 6.45) is 5.51. The van der Waals surface area contributed by atoms with Crippen molar-refractivity contribution < 1.29 is 4.79 Å². The molecular weight excluding hydrogens is 276 g/mol. The Morgan fingerprint density at radius 3 is 2.82 bits per heavy atom. The van der Waals surface area contributed by atoms with Gasteiger partial charge in [0, 0.05) is 31.7 Å². The van der Waals surface area contributed by atoms with E-state index in [1.54, 1.807) is 11.1 Å². The summed E-state index contributed by atoms with van der Waals surface area (Å²) in [6.45, 7) is 5.38. The standard InChI is InChI=1S/C17H24N4O/c1-4-10-21(13-16-18-9-11-20(16)3)17(22)19-15-8-6-7-14(5-2)12-15/h6-9,11-12H,4-5,10,13H2,1-3H3,(H,19,22). The molecule has 5 heteroatoms. The molecule has 2 amide bonds. The van der Waals surface area contributed by atoms with Crippen molar-refractivity contribution in [2.75, 3.05) is 11.9 Å². The molecular formula is C17H24N4O. The van der Waals surface area contributed by atoms with Crippen molar-refractivity contribution in [3.05, 3.63) is 48.0 Å². The lowest BCUT2D eigenvalue weighted by Gasteiger charge is -2.22. The van der Waals surface area contributed by atoms with Gasteiger partial charge in [-0.25, -0.2) is 9.78 Å². The second-order valence-corrected chi connectivity index (χ2v) is 5.36. The van der Waals surface area contributed by atoms with E-state index < -0.39 is 0 Å². The maximum atomic E-state index is 12.5. The minimum Gasteiger partial charge on any atom is -0.337 e. The Balaban J connectivity index is 2.07. The number of aryl methyl sites for hydroxylation is 2. The van der Waals surface area contributed by atoms with Gasteiger partial charge in [0.15, 0.2) is 0 Å². The summed E-state index contributed by atoms with van der Waals surface area (Å²) in [5.74, 6) is 0.880. The third-order valence-electron chi connectivity index (χ3n) is 3.62. The van der Waals surface area contributed by atoms with Crippen LogP contribution in [0.4, 0.5) is 10.5 Å². The molecule has 1 heterocycles. The van der Waals surface area contributed by atoms with Crippen molar-refractivity contribution in [3.8, 4) is 0 Å². The van der Waals surface area contributed by atoms with Gasteiger partial charge < -0.3 is 14.8 Å². The number of imidazole rings is 1. The van der Waals surface area contributed by atoms with Crippen LogP contribution in [0.5, 0.6) is 0 Å². The molecule has 0 radical (unpaired) electrons. The summed E-state index contributed by atoms with van der Waals surface area (Å²) in [5.41, 5.74) is 2.05. The number of carbonyl (C=O) groups is 1. The molecule has 0 bridgehead atoms. The van der Waals surface area contributed by atoms with Crippen LogP contribution < -0.4 is 5.32 Å². The second-order valence-electron chi connectivity index (χ2n) is 5.36. The second kappa shape index (κ2) is 7.64. The number of urea groups is 1. The molecule has 2 rings (SSSR count). The highest BCUT2D eigenvalue weighted by Gasteiger charge is 2.15. The summed E-state index contributed by atoms with van der Waals surface area (Å²) in [5, 5.41) is 2.98. The van der Waals surface area contributed by atoms with Crippen LogP contribution >= 0.6 is 0 Å². The van der Waals surface area contributed by atoms with Crippen LogP contribution in [0.2, 0.25) is 0 Å². The number of benzene rings is 1. The summed E-state index contributed by atoms with van der Waals surface area (Å²) in [7, 11) is 1.94. The summed E-state index contributed by atoms with van der Waals surface area (Å²) < 4.78 is 1.94. The van der Waals surface area contributed by atoms with E-state index in [2.05, 4.69) is 30.2 Å². The number of carbonyl (C=O) groups excluding carboxylic acids is 1. The number of amides is 2. The number of hydrogen-bond donors (Lipinski definition) is 1. The quantitative estimate of drug-likeness (QED) is 0.888. The van der Waals surface area contributed by atoms with Gasteiger partial charge in [0.1, 0.15) is 5.82 Å². The molecule has 0 saturated heterocycles. The van der Waals surface area contributed by atoms with Gasteiger partial charge in [0.2, 0.25) is 0 Å². The zero-order chi connectivity index (χ0) is 15.9. The van der Waals surface area contributed by atoms with Gasteiger partial charge in [0.05, 0.1) is 6.54 Å². The molecule has 22 heavy (non-hydrogen) atoms. The molecule has 5 nitrogen and oxygen atoms in total. The number of anilines is 1. The molecule has 1 aromatic heterocycles. The van der Waals surface area contributed by atoms with E-state index >= 15 is 0 Å². The monoisotopic (exact) mass is 300 g/mol. The molecule has 0 aliphatic carbocycles. The fourth-order valence-electron chi connectivity index (χ4n) is 2.31. The maximum Gasteiger partial charge on any atom is 0.322 e. The molecule has 0 aliphatic heterocycles. The Labute approximate surface area is 132 Å². The molecule has 1 N–H and O–H groups in total. The average molecular weight is 300 g/mol. The first kappa shape index (κ1) is 16.1. The number of rotatable bonds is 6. The van der Waals surface area contributed by atoms with Crippen LogP contribution in [0.15, 0.2) is 36.7 Å². The zero-order valence-electron chi connectivity index (χ0n) is 13.5. The van der Waals surface area contributed by atoms with Crippen LogP contribution in [0, 0.1) is 0 Å². The SMILES string of the molecule is CCCN(Cc1nccn1C)C(=O)Nc1cccc(CC)c1. The van der Waals surface area contributed by atoms with Crippen molar-refractivity contribution in [1.29, 1.82) is 0 Å². The van der Waals surface area contributed by atoms with E-state index in [9.17, 15) is 4.79 Å². The predicted molar refractivity (Wildman–Crippen MR) is 88.7 cm³/mol. The smallest absolute Gasteiger partial charge is 0.322 e. The first-order valence-electron chi connectivity index (χ1n) is 7.75. The van der Waals surface area contributed by atoms with Crippen molar-refractivity contribution in [2.45, 2.75) is 33.2 Å². The van der Waals surface area contributed by atoms with E-state index in [4.69, 9.17) is 0 Å². The Bertz CT molecular complexity index is 621. The molecule has 0 saturated carbocycles. The Morgan fingerprint density at radius 2 is 2.18 bits per heavy atom. The maximum absolute atomic E-state index is 12.5. The van der Waals surface area contributed by atoms with E-state index in [-0.39, 0.29) is 6.03 Å². The number of nitrogens with one attached hydrogen (secondary N) is 1. The Hall–Kier alpha value is -2.30. The van der Waals surface area contributed by atoms with Crippen LogP contribution in [0.1, 0.15) is 31.7 Å². The van der Waals surface area contributed by atoms with Crippen molar-refractivity contribution in [1.82, 2.24) is 14.5 Å². The summed E-state index contributed by atoms with van der Waals surface area (Å²) in [6, 6.07) is 7.88. The Kier molecular flexibility index (Phi) is 5.58. The molecule has 0 atom stereocenters. The zero-order valence-corrected chi connectivity index (χ0v) is 13.5.